The molecule has 1 atom stereocenters. The smallest absolute Gasteiger partial charge is 0.335 e. The molecule has 1 N–H and O–H groups in total. The number of likely N-dealkylation sites (N-methyl/N-ethyl adjacent to an activating group) is 1. The lowest BCUT2D eigenvalue weighted by Gasteiger charge is -2.21. The van der Waals surface area contributed by atoms with E-state index in [4.69, 9.17) is 5.11 Å². The first-order valence-corrected chi connectivity index (χ1v) is 7.33. The first kappa shape index (κ1) is 15.5. The molecule has 2 aromatic rings. The fourth-order valence-corrected chi connectivity index (χ4v) is 2.36. The van der Waals surface area contributed by atoms with Gasteiger partial charge in [0.15, 0.2) is 0 Å². The van der Waals surface area contributed by atoms with Gasteiger partial charge in [-0.2, -0.15) is 0 Å². The summed E-state index contributed by atoms with van der Waals surface area (Å²) in [5.41, 5.74) is 2.07. The minimum atomic E-state index is -0.912. The van der Waals surface area contributed by atoms with E-state index in [9.17, 15) is 4.79 Å². The van der Waals surface area contributed by atoms with Crippen LogP contribution in [-0.4, -0.2) is 45.7 Å². The van der Waals surface area contributed by atoms with E-state index >= 15 is 0 Å². The highest BCUT2D eigenvalue weighted by molar-refractivity contribution is 5.92. The average molecular weight is 289 g/mol. The van der Waals surface area contributed by atoms with E-state index in [1.54, 1.807) is 12.1 Å². The second-order valence-electron chi connectivity index (χ2n) is 5.71. The van der Waals surface area contributed by atoms with Gasteiger partial charge in [-0.3, -0.25) is 0 Å². The molecule has 5 heteroatoms. The van der Waals surface area contributed by atoms with E-state index in [0.717, 1.165) is 36.2 Å². The molecular weight excluding hydrogens is 266 g/mol. The number of rotatable bonds is 6. The van der Waals surface area contributed by atoms with E-state index in [2.05, 4.69) is 42.4 Å². The van der Waals surface area contributed by atoms with Crippen LogP contribution in [0.2, 0.25) is 0 Å². The molecule has 21 heavy (non-hydrogen) atoms. The zero-order chi connectivity index (χ0) is 15.6. The van der Waals surface area contributed by atoms with Crippen LogP contribution in [0.25, 0.3) is 11.0 Å². The normalized spacial score (nSPS) is 13.0. The molecule has 0 spiro atoms. The lowest BCUT2D eigenvalue weighted by Crippen LogP contribution is -2.29. The van der Waals surface area contributed by atoms with Gasteiger partial charge in [-0.1, -0.05) is 6.92 Å². The third-order valence-electron chi connectivity index (χ3n) is 3.88. The van der Waals surface area contributed by atoms with Crippen molar-refractivity contribution in [2.75, 3.05) is 14.1 Å². The first-order chi connectivity index (χ1) is 9.93. The molecule has 1 heterocycles. The third kappa shape index (κ3) is 3.24. The number of nitrogens with zero attached hydrogens (tertiary/aromatic N) is 3. The summed E-state index contributed by atoms with van der Waals surface area (Å²) in [6.45, 7) is 5.15. The van der Waals surface area contributed by atoms with Crippen molar-refractivity contribution >= 4 is 17.0 Å². The maximum atomic E-state index is 11.1. The van der Waals surface area contributed by atoms with Crippen LogP contribution in [0.5, 0.6) is 0 Å². The molecule has 1 aromatic carbocycles. The van der Waals surface area contributed by atoms with Crippen molar-refractivity contribution in [2.24, 2.45) is 0 Å². The number of hydrogen-bond donors (Lipinski definition) is 1. The Morgan fingerprint density at radius 1 is 1.43 bits per heavy atom. The van der Waals surface area contributed by atoms with E-state index in [0.29, 0.717) is 6.04 Å². The first-order valence-electron chi connectivity index (χ1n) is 7.33. The fraction of sp³-hybridized carbons (Fsp3) is 0.500. The number of aromatic carboxylic acids is 1. The van der Waals surface area contributed by atoms with Gasteiger partial charge in [0, 0.05) is 19.0 Å². The number of benzene rings is 1. The van der Waals surface area contributed by atoms with Gasteiger partial charge >= 0.3 is 5.97 Å². The minimum absolute atomic E-state index is 0.288. The van der Waals surface area contributed by atoms with E-state index in [1.807, 2.05) is 6.07 Å². The Balaban J connectivity index is 2.49. The van der Waals surface area contributed by atoms with Crippen LogP contribution in [-0.2, 0) is 13.0 Å². The Kier molecular flexibility index (Phi) is 4.63. The van der Waals surface area contributed by atoms with E-state index < -0.39 is 5.97 Å². The van der Waals surface area contributed by atoms with Crippen LogP contribution in [0.1, 0.15) is 36.5 Å². The minimum Gasteiger partial charge on any atom is -0.478 e. The van der Waals surface area contributed by atoms with Gasteiger partial charge in [0.2, 0.25) is 0 Å². The topological polar surface area (TPSA) is 58.4 Å². The van der Waals surface area contributed by atoms with Crippen LogP contribution >= 0.6 is 0 Å². The molecule has 0 saturated heterocycles. The Bertz CT molecular complexity index is 646. The summed E-state index contributed by atoms with van der Waals surface area (Å²) in [4.78, 5) is 17.9. The molecule has 5 nitrogen and oxygen atoms in total. The summed E-state index contributed by atoms with van der Waals surface area (Å²) in [6, 6.07) is 5.57. The Hall–Kier alpha value is -1.88. The zero-order valence-electron chi connectivity index (χ0n) is 13.1. The number of fused-ring (bicyclic) bond motifs is 1. The van der Waals surface area contributed by atoms with Gasteiger partial charge < -0.3 is 14.6 Å². The maximum Gasteiger partial charge on any atom is 0.335 e. The fourth-order valence-electron chi connectivity index (χ4n) is 2.36. The van der Waals surface area contributed by atoms with E-state index in [1.165, 1.54) is 0 Å². The van der Waals surface area contributed by atoms with Crippen molar-refractivity contribution in [2.45, 2.75) is 39.3 Å². The monoisotopic (exact) mass is 289 g/mol. The SMILES string of the molecule is CCCc1nc2cc(C(=O)O)ccc2n1CC(C)N(C)C. The Labute approximate surface area is 125 Å². The zero-order valence-corrected chi connectivity index (χ0v) is 13.1. The standard InChI is InChI=1S/C16H23N3O2/c1-5-6-15-17-13-9-12(16(20)21)7-8-14(13)19(15)10-11(2)18(3)4/h7-9,11H,5-6,10H2,1-4H3,(H,20,21). The predicted molar refractivity (Wildman–Crippen MR) is 83.8 cm³/mol. The molecule has 1 unspecified atom stereocenters. The summed E-state index contributed by atoms with van der Waals surface area (Å²) in [7, 11) is 4.12. The van der Waals surface area contributed by atoms with Crippen molar-refractivity contribution in [3.05, 3.63) is 29.6 Å². The summed E-state index contributed by atoms with van der Waals surface area (Å²) < 4.78 is 2.22. The molecule has 0 saturated carbocycles. The van der Waals surface area contributed by atoms with Gasteiger partial charge in [-0.05, 0) is 45.6 Å². The number of aromatic nitrogens is 2. The summed E-state index contributed by atoms with van der Waals surface area (Å²) >= 11 is 0. The van der Waals surface area contributed by atoms with E-state index in [-0.39, 0.29) is 5.56 Å². The quantitative estimate of drug-likeness (QED) is 0.888. The van der Waals surface area contributed by atoms with Crippen LogP contribution in [0, 0.1) is 0 Å². The number of aryl methyl sites for hydroxylation is 1. The molecule has 0 aliphatic heterocycles. The molecule has 0 amide bonds. The van der Waals surface area contributed by atoms with Crippen LogP contribution in [0.4, 0.5) is 0 Å². The Morgan fingerprint density at radius 3 is 2.71 bits per heavy atom. The maximum absolute atomic E-state index is 11.1. The highest BCUT2D eigenvalue weighted by Gasteiger charge is 2.15. The Morgan fingerprint density at radius 2 is 2.14 bits per heavy atom. The van der Waals surface area contributed by atoms with Gasteiger partial charge in [-0.15, -0.1) is 0 Å². The molecule has 0 fully saturated rings. The predicted octanol–water partition coefficient (Wildman–Crippen LogP) is 2.64. The molecule has 1 aromatic heterocycles. The second kappa shape index (κ2) is 6.26. The van der Waals surface area contributed by atoms with Crippen molar-refractivity contribution in [1.29, 1.82) is 0 Å². The molecule has 114 valence electrons. The van der Waals surface area contributed by atoms with Crippen molar-refractivity contribution in [1.82, 2.24) is 14.5 Å². The lowest BCUT2D eigenvalue weighted by atomic mass is 10.2. The molecule has 2 rings (SSSR count). The number of imidazole rings is 1. The van der Waals surface area contributed by atoms with Crippen molar-refractivity contribution in [3.63, 3.8) is 0 Å². The average Bonchev–Trinajstić information content (AvgIpc) is 2.76. The van der Waals surface area contributed by atoms with Crippen LogP contribution < -0.4 is 0 Å². The molecule has 0 radical (unpaired) electrons. The van der Waals surface area contributed by atoms with Crippen LogP contribution in [0.3, 0.4) is 0 Å². The molecule has 0 bridgehead atoms. The summed E-state index contributed by atoms with van der Waals surface area (Å²) in [6.07, 6.45) is 1.92. The number of carbonyl (C=O) groups is 1. The number of carboxylic acid groups (broad SMARTS) is 1. The highest BCUT2D eigenvalue weighted by Crippen LogP contribution is 2.20. The number of carboxylic acids is 1. The molecule has 0 aliphatic rings. The summed E-state index contributed by atoms with van der Waals surface area (Å²) in [5.74, 6) is 0.119. The van der Waals surface area contributed by atoms with Gasteiger partial charge in [0.1, 0.15) is 5.82 Å². The third-order valence-corrected chi connectivity index (χ3v) is 3.88. The van der Waals surface area contributed by atoms with Gasteiger partial charge in [-0.25, -0.2) is 9.78 Å². The second-order valence-corrected chi connectivity index (χ2v) is 5.71. The summed E-state index contributed by atoms with van der Waals surface area (Å²) in [5, 5.41) is 9.10. The van der Waals surface area contributed by atoms with Gasteiger partial charge in [0.05, 0.1) is 16.6 Å². The highest BCUT2D eigenvalue weighted by atomic mass is 16.4. The lowest BCUT2D eigenvalue weighted by molar-refractivity contribution is 0.0697. The van der Waals surface area contributed by atoms with Crippen LogP contribution in [0.15, 0.2) is 18.2 Å². The molecular formula is C16H23N3O2. The molecule has 0 aliphatic carbocycles. The number of hydrogen-bond acceptors (Lipinski definition) is 3. The largest absolute Gasteiger partial charge is 0.478 e. The van der Waals surface area contributed by atoms with Crippen molar-refractivity contribution in [3.8, 4) is 0 Å². The van der Waals surface area contributed by atoms with Crippen molar-refractivity contribution < 1.29 is 9.90 Å². The van der Waals surface area contributed by atoms with Gasteiger partial charge in [0.25, 0.3) is 0 Å².